The van der Waals surface area contributed by atoms with E-state index in [0.717, 1.165) is 4.88 Å². The van der Waals surface area contributed by atoms with E-state index in [9.17, 15) is 8.42 Å². The standard InChI is InChI=1S/C11H14N4O2S2/c1-3-12-10-6-9(4-5-13-10)19(16,17)15-11-14-7-8(2)18-11/h4-7H,3H2,1-2H3,(H,12,13)(H,14,15). The van der Waals surface area contributed by atoms with E-state index in [-0.39, 0.29) is 4.90 Å². The van der Waals surface area contributed by atoms with Crippen molar-refractivity contribution in [3.63, 3.8) is 0 Å². The molecule has 0 atom stereocenters. The number of rotatable bonds is 5. The molecule has 0 fully saturated rings. The maximum absolute atomic E-state index is 12.2. The number of hydrogen-bond acceptors (Lipinski definition) is 6. The van der Waals surface area contributed by atoms with Crippen molar-refractivity contribution in [2.24, 2.45) is 0 Å². The number of pyridine rings is 1. The van der Waals surface area contributed by atoms with E-state index in [2.05, 4.69) is 20.0 Å². The minimum Gasteiger partial charge on any atom is -0.370 e. The molecule has 0 bridgehead atoms. The van der Waals surface area contributed by atoms with E-state index in [1.807, 2.05) is 13.8 Å². The van der Waals surface area contributed by atoms with Gasteiger partial charge in [-0.15, -0.1) is 11.3 Å². The lowest BCUT2D eigenvalue weighted by Gasteiger charge is -2.07. The van der Waals surface area contributed by atoms with Crippen LogP contribution in [-0.4, -0.2) is 24.9 Å². The highest BCUT2D eigenvalue weighted by molar-refractivity contribution is 7.93. The normalized spacial score (nSPS) is 11.3. The van der Waals surface area contributed by atoms with Gasteiger partial charge in [0.1, 0.15) is 5.82 Å². The average molecular weight is 298 g/mol. The van der Waals surface area contributed by atoms with Crippen LogP contribution in [0.3, 0.4) is 0 Å². The number of thiazole rings is 1. The zero-order chi connectivity index (χ0) is 13.9. The minimum atomic E-state index is -3.62. The van der Waals surface area contributed by atoms with Crippen LogP contribution in [0.25, 0.3) is 0 Å². The van der Waals surface area contributed by atoms with E-state index in [1.54, 1.807) is 6.20 Å². The monoisotopic (exact) mass is 298 g/mol. The molecule has 0 aromatic carbocycles. The molecule has 0 aliphatic heterocycles. The van der Waals surface area contributed by atoms with Crippen LogP contribution < -0.4 is 10.0 Å². The highest BCUT2D eigenvalue weighted by Gasteiger charge is 2.16. The number of sulfonamides is 1. The molecule has 2 N–H and O–H groups in total. The Morgan fingerprint density at radius 3 is 2.79 bits per heavy atom. The van der Waals surface area contributed by atoms with E-state index in [4.69, 9.17) is 0 Å². The number of nitrogens with one attached hydrogen (secondary N) is 2. The number of nitrogens with zero attached hydrogens (tertiary/aromatic N) is 2. The van der Waals surface area contributed by atoms with Gasteiger partial charge >= 0.3 is 0 Å². The van der Waals surface area contributed by atoms with Gasteiger partial charge in [0.05, 0.1) is 4.90 Å². The molecule has 8 heteroatoms. The highest BCUT2D eigenvalue weighted by Crippen LogP contribution is 2.21. The molecule has 2 aromatic rings. The molecule has 6 nitrogen and oxygen atoms in total. The largest absolute Gasteiger partial charge is 0.370 e. The predicted octanol–water partition coefficient (Wildman–Crippen LogP) is 2.08. The second-order valence-electron chi connectivity index (χ2n) is 3.79. The Balaban J connectivity index is 2.26. The smallest absolute Gasteiger partial charge is 0.263 e. The fourth-order valence-corrected chi connectivity index (χ4v) is 3.35. The maximum Gasteiger partial charge on any atom is 0.263 e. The van der Waals surface area contributed by atoms with Crippen LogP contribution in [0.1, 0.15) is 11.8 Å². The first-order valence-electron chi connectivity index (χ1n) is 5.66. The summed E-state index contributed by atoms with van der Waals surface area (Å²) in [6.45, 7) is 4.46. The lowest BCUT2D eigenvalue weighted by molar-refractivity contribution is 0.601. The third-order valence-corrected chi connectivity index (χ3v) is 4.54. The first-order chi connectivity index (χ1) is 9.01. The summed E-state index contributed by atoms with van der Waals surface area (Å²) in [7, 11) is -3.62. The van der Waals surface area contributed by atoms with Gasteiger partial charge in [-0.05, 0) is 19.9 Å². The molecule has 2 aromatic heterocycles. The summed E-state index contributed by atoms with van der Waals surface area (Å²) in [5.74, 6) is 0.528. The van der Waals surface area contributed by atoms with Gasteiger partial charge in [0.25, 0.3) is 10.0 Å². The van der Waals surface area contributed by atoms with Gasteiger partial charge in [-0.1, -0.05) is 0 Å². The van der Waals surface area contributed by atoms with Gasteiger partial charge < -0.3 is 5.32 Å². The van der Waals surface area contributed by atoms with E-state index >= 15 is 0 Å². The second kappa shape index (κ2) is 5.54. The van der Waals surface area contributed by atoms with Crippen LogP contribution in [0.4, 0.5) is 10.9 Å². The molecule has 0 aliphatic rings. The molecule has 102 valence electrons. The zero-order valence-corrected chi connectivity index (χ0v) is 12.2. The van der Waals surface area contributed by atoms with Gasteiger partial charge in [-0.3, -0.25) is 4.72 Å². The molecule has 0 unspecified atom stereocenters. The number of anilines is 2. The SMILES string of the molecule is CCNc1cc(S(=O)(=O)Nc2ncc(C)s2)ccn1. The fraction of sp³-hybridized carbons (Fsp3) is 0.273. The van der Waals surface area contributed by atoms with Crippen LogP contribution in [0, 0.1) is 6.92 Å². The van der Waals surface area contributed by atoms with Crippen molar-refractivity contribution in [3.05, 3.63) is 29.4 Å². The van der Waals surface area contributed by atoms with Crippen LogP contribution in [0.5, 0.6) is 0 Å². The number of hydrogen-bond donors (Lipinski definition) is 2. The van der Waals surface area contributed by atoms with Crippen molar-refractivity contribution in [3.8, 4) is 0 Å². The number of aromatic nitrogens is 2. The Bertz CT molecular complexity index is 667. The maximum atomic E-state index is 12.2. The summed E-state index contributed by atoms with van der Waals surface area (Å²) in [5.41, 5.74) is 0. The third-order valence-electron chi connectivity index (χ3n) is 2.24. The molecular formula is C11H14N4O2S2. The predicted molar refractivity (Wildman–Crippen MR) is 76.1 cm³/mol. The summed E-state index contributed by atoms with van der Waals surface area (Å²) in [4.78, 5) is 9.12. The lowest BCUT2D eigenvalue weighted by atomic mass is 10.4. The molecule has 0 amide bonds. The summed E-state index contributed by atoms with van der Waals surface area (Å²) in [6.07, 6.45) is 3.08. The van der Waals surface area contributed by atoms with Crippen molar-refractivity contribution in [1.29, 1.82) is 0 Å². The van der Waals surface area contributed by atoms with Gasteiger partial charge in [-0.2, -0.15) is 0 Å². The molecular weight excluding hydrogens is 284 g/mol. The third kappa shape index (κ3) is 3.42. The summed E-state index contributed by atoms with van der Waals surface area (Å²) < 4.78 is 26.8. The molecule has 2 heterocycles. The first kappa shape index (κ1) is 13.8. The average Bonchev–Trinajstić information content (AvgIpc) is 2.75. The summed E-state index contributed by atoms with van der Waals surface area (Å²) in [6, 6.07) is 2.94. The minimum absolute atomic E-state index is 0.159. The van der Waals surface area contributed by atoms with Crippen molar-refractivity contribution in [2.45, 2.75) is 18.7 Å². The van der Waals surface area contributed by atoms with Gasteiger partial charge in [-0.25, -0.2) is 18.4 Å². The Kier molecular flexibility index (Phi) is 4.01. The van der Waals surface area contributed by atoms with E-state index < -0.39 is 10.0 Å². The molecule has 19 heavy (non-hydrogen) atoms. The number of aryl methyl sites for hydroxylation is 1. The highest BCUT2D eigenvalue weighted by atomic mass is 32.2. The molecule has 2 rings (SSSR count). The van der Waals surface area contributed by atoms with Crippen LogP contribution in [-0.2, 0) is 10.0 Å². The molecule has 0 saturated carbocycles. The molecule has 0 radical (unpaired) electrons. The van der Waals surface area contributed by atoms with Crippen molar-refractivity contribution in [2.75, 3.05) is 16.6 Å². The first-order valence-corrected chi connectivity index (χ1v) is 7.96. The van der Waals surface area contributed by atoms with Gasteiger partial charge in [0.2, 0.25) is 0 Å². The Morgan fingerprint density at radius 2 is 2.16 bits per heavy atom. The topological polar surface area (TPSA) is 84.0 Å². The summed E-state index contributed by atoms with van der Waals surface area (Å²) in [5, 5.41) is 3.33. The van der Waals surface area contributed by atoms with Crippen molar-refractivity contribution >= 4 is 32.3 Å². The molecule has 0 spiro atoms. The fourth-order valence-electron chi connectivity index (χ4n) is 1.43. The van der Waals surface area contributed by atoms with Crippen LogP contribution >= 0.6 is 11.3 Å². The van der Waals surface area contributed by atoms with Gasteiger partial charge in [0.15, 0.2) is 5.13 Å². The molecule has 0 aliphatic carbocycles. The van der Waals surface area contributed by atoms with Crippen molar-refractivity contribution < 1.29 is 8.42 Å². The van der Waals surface area contributed by atoms with Crippen LogP contribution in [0.2, 0.25) is 0 Å². The Morgan fingerprint density at radius 1 is 1.37 bits per heavy atom. The zero-order valence-electron chi connectivity index (χ0n) is 10.5. The van der Waals surface area contributed by atoms with E-state index in [1.165, 1.54) is 29.7 Å². The second-order valence-corrected chi connectivity index (χ2v) is 6.71. The quantitative estimate of drug-likeness (QED) is 0.883. The Hall–Kier alpha value is -1.67. The summed E-state index contributed by atoms with van der Waals surface area (Å²) >= 11 is 1.29. The molecule has 0 saturated heterocycles. The van der Waals surface area contributed by atoms with E-state index in [0.29, 0.717) is 17.5 Å². The van der Waals surface area contributed by atoms with Crippen molar-refractivity contribution in [1.82, 2.24) is 9.97 Å². The Labute approximate surface area is 116 Å². The van der Waals surface area contributed by atoms with Crippen LogP contribution in [0.15, 0.2) is 29.4 Å². The van der Waals surface area contributed by atoms with Gasteiger partial charge in [0, 0.05) is 29.9 Å². The lowest BCUT2D eigenvalue weighted by Crippen LogP contribution is -2.13.